The van der Waals surface area contributed by atoms with Crippen LogP contribution < -0.4 is 15.0 Å². The number of hydrogen-bond donors (Lipinski definition) is 0. The van der Waals surface area contributed by atoms with E-state index in [1.54, 1.807) is 37.4 Å². The highest BCUT2D eigenvalue weighted by molar-refractivity contribution is 6.19. The summed E-state index contributed by atoms with van der Waals surface area (Å²) in [5, 5.41) is 0. The Morgan fingerprint density at radius 3 is 2.32 bits per heavy atom. The lowest BCUT2D eigenvalue weighted by Gasteiger charge is -2.48. The third-order valence-electron chi connectivity index (χ3n) is 8.03. The quantitative estimate of drug-likeness (QED) is 0.546. The third kappa shape index (κ3) is 4.09. The van der Waals surface area contributed by atoms with Crippen molar-refractivity contribution in [3.05, 3.63) is 58.0 Å². The first kappa shape index (κ1) is 25.0. The lowest BCUT2D eigenvalue weighted by Crippen LogP contribution is -2.67. The Kier molecular flexibility index (Phi) is 6.31. The minimum absolute atomic E-state index is 0.00152. The standard InChI is InChI=1S/C27H32N4O6/c1-28-24(33)27(25(34)29(2)26(28)35,12-18-11-20(36-3)8-9-22(18)37-4)16-30-13-17-10-19(15-30)21-6-5-7-23(32)31(21)14-17/h5-9,11,17,19H,10,12-16H2,1-4H3/t17-,19-/m1/s1. The summed E-state index contributed by atoms with van der Waals surface area (Å²) in [7, 11) is 5.92. The number of barbiturate groups is 1. The van der Waals surface area contributed by atoms with E-state index < -0.39 is 23.3 Å². The molecule has 0 unspecified atom stereocenters. The minimum Gasteiger partial charge on any atom is -0.497 e. The van der Waals surface area contributed by atoms with Gasteiger partial charge in [0.25, 0.3) is 5.56 Å². The van der Waals surface area contributed by atoms with Gasteiger partial charge in [0, 0.05) is 64.4 Å². The second kappa shape index (κ2) is 9.33. The van der Waals surface area contributed by atoms with Gasteiger partial charge in [0.05, 0.1) is 14.2 Å². The Hall–Kier alpha value is -3.66. The van der Waals surface area contributed by atoms with Crippen molar-refractivity contribution in [3.8, 4) is 11.5 Å². The molecule has 2 fully saturated rings. The summed E-state index contributed by atoms with van der Waals surface area (Å²) in [4.78, 5) is 57.0. The number of fused-ring (bicyclic) bond motifs is 4. The molecule has 2 saturated heterocycles. The number of imide groups is 2. The smallest absolute Gasteiger partial charge is 0.332 e. The van der Waals surface area contributed by atoms with Gasteiger partial charge in [-0.1, -0.05) is 6.07 Å². The number of carbonyl (C=O) groups is 3. The summed E-state index contributed by atoms with van der Waals surface area (Å²) < 4.78 is 12.8. The summed E-state index contributed by atoms with van der Waals surface area (Å²) >= 11 is 0. The van der Waals surface area contributed by atoms with Gasteiger partial charge < -0.3 is 18.9 Å². The molecular formula is C27H32N4O6. The predicted octanol–water partition coefficient (Wildman–Crippen LogP) is 1.56. The second-order valence-corrected chi connectivity index (χ2v) is 10.3. The Morgan fingerprint density at radius 2 is 1.65 bits per heavy atom. The zero-order valence-corrected chi connectivity index (χ0v) is 21.6. The van der Waals surface area contributed by atoms with E-state index in [0.717, 1.165) is 21.9 Å². The third-order valence-corrected chi connectivity index (χ3v) is 8.03. The highest BCUT2D eigenvalue weighted by atomic mass is 16.5. The van der Waals surface area contributed by atoms with Gasteiger partial charge in [-0.05, 0) is 42.2 Å². The van der Waals surface area contributed by atoms with Gasteiger partial charge in [-0.2, -0.15) is 0 Å². The maximum Gasteiger partial charge on any atom is 0.332 e. The van der Waals surface area contributed by atoms with Crippen LogP contribution in [0.1, 0.15) is 23.6 Å². The average Bonchev–Trinajstić information content (AvgIpc) is 2.90. The topological polar surface area (TPSA) is 101 Å². The van der Waals surface area contributed by atoms with Crippen LogP contribution in [0.15, 0.2) is 41.2 Å². The highest BCUT2D eigenvalue weighted by Crippen LogP contribution is 2.40. The van der Waals surface area contributed by atoms with E-state index in [2.05, 4.69) is 4.90 Å². The fourth-order valence-electron chi connectivity index (χ4n) is 6.33. The normalized spacial score (nSPS) is 23.2. The number of rotatable bonds is 6. The van der Waals surface area contributed by atoms with Crippen molar-refractivity contribution in [3.63, 3.8) is 0 Å². The van der Waals surface area contributed by atoms with Crippen LogP contribution in [0.2, 0.25) is 0 Å². The summed E-state index contributed by atoms with van der Waals surface area (Å²) in [6.07, 6.45) is 1.01. The molecule has 37 heavy (non-hydrogen) atoms. The number of amides is 4. The van der Waals surface area contributed by atoms with Gasteiger partial charge in [-0.15, -0.1) is 0 Å². The van der Waals surface area contributed by atoms with Crippen molar-refractivity contribution in [2.24, 2.45) is 11.3 Å². The molecule has 2 atom stereocenters. The molecule has 196 valence electrons. The van der Waals surface area contributed by atoms with Gasteiger partial charge in [0.2, 0.25) is 11.8 Å². The minimum atomic E-state index is -1.53. The summed E-state index contributed by atoms with van der Waals surface area (Å²) in [6, 6.07) is 9.98. The number of methoxy groups -OCH3 is 2. The van der Waals surface area contributed by atoms with Crippen LogP contribution in [0.5, 0.6) is 11.5 Å². The van der Waals surface area contributed by atoms with Crippen molar-refractivity contribution < 1.29 is 23.9 Å². The molecule has 10 heteroatoms. The molecule has 3 aliphatic heterocycles. The first-order valence-corrected chi connectivity index (χ1v) is 12.4. The number of ether oxygens (including phenoxy) is 2. The Morgan fingerprint density at radius 1 is 0.919 bits per heavy atom. The first-order valence-electron chi connectivity index (χ1n) is 12.4. The van der Waals surface area contributed by atoms with Crippen molar-refractivity contribution in [2.75, 3.05) is 47.9 Å². The molecule has 1 aromatic heterocycles. The molecule has 3 aliphatic rings. The van der Waals surface area contributed by atoms with E-state index in [1.165, 1.54) is 21.2 Å². The number of urea groups is 1. The van der Waals surface area contributed by atoms with Gasteiger partial charge in [-0.3, -0.25) is 24.2 Å². The van der Waals surface area contributed by atoms with Crippen LogP contribution >= 0.6 is 0 Å². The summed E-state index contributed by atoms with van der Waals surface area (Å²) in [5.74, 6) is 0.396. The number of carbonyl (C=O) groups excluding carboxylic acids is 3. The lowest BCUT2D eigenvalue weighted by molar-refractivity contribution is -0.159. The van der Waals surface area contributed by atoms with Crippen LogP contribution in [0.25, 0.3) is 0 Å². The van der Waals surface area contributed by atoms with Crippen molar-refractivity contribution >= 4 is 17.8 Å². The number of nitrogens with zero attached hydrogens (tertiary/aromatic N) is 4. The van der Waals surface area contributed by atoms with Gasteiger partial charge >= 0.3 is 6.03 Å². The Labute approximate surface area is 215 Å². The molecule has 0 saturated carbocycles. The number of piperidine rings is 1. The van der Waals surface area contributed by atoms with E-state index in [9.17, 15) is 19.2 Å². The van der Waals surface area contributed by atoms with Crippen molar-refractivity contribution in [1.29, 1.82) is 0 Å². The number of aromatic nitrogens is 1. The van der Waals surface area contributed by atoms with Crippen LogP contribution in [0.3, 0.4) is 0 Å². The maximum absolute atomic E-state index is 13.8. The van der Waals surface area contributed by atoms with Crippen LogP contribution in [0, 0.1) is 11.3 Å². The van der Waals surface area contributed by atoms with Crippen LogP contribution in [-0.4, -0.2) is 85.1 Å². The molecular weight excluding hydrogens is 476 g/mol. The van der Waals surface area contributed by atoms with Crippen molar-refractivity contribution in [1.82, 2.24) is 19.3 Å². The molecule has 0 aliphatic carbocycles. The molecule has 1 aromatic carbocycles. The molecule has 0 spiro atoms. The highest BCUT2D eigenvalue weighted by Gasteiger charge is 2.57. The van der Waals surface area contributed by atoms with Gasteiger partial charge in [0.1, 0.15) is 16.9 Å². The molecule has 2 bridgehead atoms. The van der Waals surface area contributed by atoms with Crippen LogP contribution in [-0.2, 0) is 22.6 Å². The monoisotopic (exact) mass is 508 g/mol. The van der Waals surface area contributed by atoms with Gasteiger partial charge in [-0.25, -0.2) is 4.79 Å². The summed E-state index contributed by atoms with van der Waals surface area (Å²) in [6.45, 7) is 2.02. The predicted molar refractivity (Wildman–Crippen MR) is 135 cm³/mol. The van der Waals surface area contributed by atoms with E-state index in [-0.39, 0.29) is 30.4 Å². The van der Waals surface area contributed by atoms with E-state index >= 15 is 0 Å². The maximum atomic E-state index is 13.8. The van der Waals surface area contributed by atoms with Crippen LogP contribution in [0.4, 0.5) is 4.79 Å². The fourth-order valence-corrected chi connectivity index (χ4v) is 6.33. The zero-order valence-electron chi connectivity index (χ0n) is 21.6. The molecule has 0 radical (unpaired) electrons. The Bertz CT molecular complexity index is 1300. The van der Waals surface area contributed by atoms with E-state index in [0.29, 0.717) is 36.7 Å². The molecule has 5 rings (SSSR count). The number of likely N-dealkylation sites (tertiary alicyclic amines) is 1. The van der Waals surface area contributed by atoms with Gasteiger partial charge in [0.15, 0.2) is 0 Å². The fraction of sp³-hybridized carbons (Fsp3) is 0.481. The Balaban J connectivity index is 1.54. The lowest BCUT2D eigenvalue weighted by atomic mass is 9.75. The molecule has 4 amide bonds. The van der Waals surface area contributed by atoms with E-state index in [4.69, 9.17) is 9.47 Å². The molecule has 4 heterocycles. The van der Waals surface area contributed by atoms with Crippen molar-refractivity contribution in [2.45, 2.75) is 25.3 Å². The second-order valence-electron chi connectivity index (χ2n) is 10.3. The number of benzene rings is 1. The van der Waals surface area contributed by atoms with E-state index in [1.807, 2.05) is 10.6 Å². The zero-order chi connectivity index (χ0) is 26.5. The molecule has 2 aromatic rings. The number of pyridine rings is 1. The average molecular weight is 509 g/mol. The largest absolute Gasteiger partial charge is 0.497 e. The molecule has 0 N–H and O–H groups in total. The first-order chi connectivity index (χ1) is 17.7. The SMILES string of the molecule is COc1ccc(OC)c(CC2(CN3C[C@H]4C[C@H](C3)c3cccc(=O)n3C4)C(=O)N(C)C(=O)N(C)C2=O)c1. The number of hydrogen-bond acceptors (Lipinski definition) is 7. The summed E-state index contributed by atoms with van der Waals surface area (Å²) in [5.41, 5.74) is 0.108. The molecule has 10 nitrogen and oxygen atoms in total.